The zero-order valence-electron chi connectivity index (χ0n) is 7.95. The molecule has 72 valence electrons. The summed E-state index contributed by atoms with van der Waals surface area (Å²) in [7, 11) is -2.96. The fourth-order valence-corrected chi connectivity index (χ4v) is 3.19. The molecule has 1 aliphatic heterocycles. The van der Waals surface area contributed by atoms with E-state index in [4.69, 9.17) is 0 Å². The van der Waals surface area contributed by atoms with Gasteiger partial charge in [0.15, 0.2) is 0 Å². The van der Waals surface area contributed by atoms with E-state index in [1.807, 2.05) is 6.92 Å². The Balaban J connectivity index is 2.78. The maximum absolute atomic E-state index is 11.3. The van der Waals surface area contributed by atoms with E-state index in [1.54, 1.807) is 4.31 Å². The first-order chi connectivity index (χ1) is 5.45. The van der Waals surface area contributed by atoms with E-state index in [-0.39, 0.29) is 6.04 Å². The third-order valence-corrected chi connectivity index (χ3v) is 3.77. The van der Waals surface area contributed by atoms with Gasteiger partial charge in [-0.15, -0.1) is 0 Å². The van der Waals surface area contributed by atoms with Gasteiger partial charge in [0, 0.05) is 12.6 Å². The van der Waals surface area contributed by atoms with Gasteiger partial charge in [0.1, 0.15) is 0 Å². The van der Waals surface area contributed by atoms with Crippen LogP contribution in [0, 0.1) is 5.92 Å². The second-order valence-electron chi connectivity index (χ2n) is 3.74. The second-order valence-corrected chi connectivity index (χ2v) is 5.67. The summed E-state index contributed by atoms with van der Waals surface area (Å²) < 4.78 is 24.2. The van der Waals surface area contributed by atoms with Gasteiger partial charge in [-0.2, -0.15) is 4.31 Å². The first-order valence-corrected chi connectivity index (χ1v) is 6.26. The Bertz CT molecular complexity index is 248. The van der Waals surface area contributed by atoms with Gasteiger partial charge in [-0.05, 0) is 18.8 Å². The van der Waals surface area contributed by atoms with Gasteiger partial charge in [-0.3, -0.25) is 0 Å². The molecule has 0 bridgehead atoms. The minimum absolute atomic E-state index is 0.245. The van der Waals surface area contributed by atoms with Crippen molar-refractivity contribution in [3.8, 4) is 0 Å². The molecule has 0 aromatic carbocycles. The standard InChI is InChI=1S/C8H17NO2S/c1-4-8-5-7(2)6-9(8)12(3,10)11/h7-8H,4-6H2,1-3H3. The fraction of sp³-hybridized carbons (Fsp3) is 1.00. The van der Waals surface area contributed by atoms with Gasteiger partial charge < -0.3 is 0 Å². The normalized spacial score (nSPS) is 32.6. The Morgan fingerprint density at radius 3 is 2.42 bits per heavy atom. The molecule has 1 rings (SSSR count). The predicted molar refractivity (Wildman–Crippen MR) is 49.4 cm³/mol. The first kappa shape index (κ1) is 9.99. The van der Waals surface area contributed by atoms with Crippen molar-refractivity contribution in [2.45, 2.75) is 32.7 Å². The van der Waals surface area contributed by atoms with E-state index < -0.39 is 10.0 Å². The Morgan fingerprint density at radius 1 is 1.50 bits per heavy atom. The van der Waals surface area contributed by atoms with Gasteiger partial charge >= 0.3 is 0 Å². The highest BCUT2D eigenvalue weighted by Gasteiger charge is 2.33. The summed E-state index contributed by atoms with van der Waals surface area (Å²) in [6, 6.07) is 0.245. The molecular formula is C8H17NO2S. The van der Waals surface area contributed by atoms with Gasteiger partial charge in [0.2, 0.25) is 10.0 Å². The number of rotatable bonds is 2. The third-order valence-electron chi connectivity index (χ3n) is 2.47. The van der Waals surface area contributed by atoms with Crippen molar-refractivity contribution in [1.82, 2.24) is 4.31 Å². The molecule has 0 amide bonds. The highest BCUT2D eigenvalue weighted by molar-refractivity contribution is 7.88. The lowest BCUT2D eigenvalue weighted by Crippen LogP contribution is -2.34. The topological polar surface area (TPSA) is 37.4 Å². The molecule has 0 radical (unpaired) electrons. The lowest BCUT2D eigenvalue weighted by Gasteiger charge is -2.20. The molecule has 2 atom stereocenters. The molecule has 0 aromatic heterocycles. The molecule has 1 aliphatic rings. The molecule has 0 aromatic rings. The maximum Gasteiger partial charge on any atom is 0.211 e. The summed E-state index contributed by atoms with van der Waals surface area (Å²) >= 11 is 0. The summed E-state index contributed by atoms with van der Waals surface area (Å²) in [4.78, 5) is 0. The molecular weight excluding hydrogens is 174 g/mol. The van der Waals surface area contributed by atoms with Crippen molar-refractivity contribution in [3.63, 3.8) is 0 Å². The summed E-state index contributed by atoms with van der Waals surface area (Å²) in [5.41, 5.74) is 0. The van der Waals surface area contributed by atoms with E-state index in [0.717, 1.165) is 12.8 Å². The van der Waals surface area contributed by atoms with Crippen LogP contribution in [-0.2, 0) is 10.0 Å². The van der Waals surface area contributed by atoms with Crippen molar-refractivity contribution < 1.29 is 8.42 Å². The minimum Gasteiger partial charge on any atom is -0.212 e. The Labute approximate surface area is 74.8 Å². The average molecular weight is 191 g/mol. The number of sulfonamides is 1. The predicted octanol–water partition coefficient (Wildman–Crippen LogP) is 1.07. The summed E-state index contributed by atoms with van der Waals surface area (Å²) in [5.74, 6) is 0.518. The lowest BCUT2D eigenvalue weighted by atomic mass is 10.1. The number of hydrogen-bond donors (Lipinski definition) is 0. The molecule has 0 spiro atoms. The molecule has 0 N–H and O–H groups in total. The van der Waals surface area contributed by atoms with Crippen LogP contribution in [-0.4, -0.2) is 31.6 Å². The quantitative estimate of drug-likeness (QED) is 0.654. The van der Waals surface area contributed by atoms with Crippen LogP contribution in [0.25, 0.3) is 0 Å². The van der Waals surface area contributed by atoms with E-state index in [2.05, 4.69) is 6.92 Å². The smallest absolute Gasteiger partial charge is 0.211 e. The second kappa shape index (κ2) is 3.34. The van der Waals surface area contributed by atoms with Gasteiger partial charge in [-0.1, -0.05) is 13.8 Å². The van der Waals surface area contributed by atoms with E-state index in [0.29, 0.717) is 12.5 Å². The van der Waals surface area contributed by atoms with Crippen LogP contribution in [0.4, 0.5) is 0 Å². The van der Waals surface area contributed by atoms with Gasteiger partial charge in [0.25, 0.3) is 0 Å². The minimum atomic E-state index is -2.96. The van der Waals surface area contributed by atoms with Crippen molar-refractivity contribution in [1.29, 1.82) is 0 Å². The highest BCUT2D eigenvalue weighted by atomic mass is 32.2. The Morgan fingerprint density at radius 2 is 2.08 bits per heavy atom. The monoisotopic (exact) mass is 191 g/mol. The molecule has 3 nitrogen and oxygen atoms in total. The van der Waals surface area contributed by atoms with Crippen LogP contribution >= 0.6 is 0 Å². The third kappa shape index (κ3) is 1.98. The van der Waals surface area contributed by atoms with Gasteiger partial charge in [0.05, 0.1) is 6.26 Å². The molecule has 12 heavy (non-hydrogen) atoms. The molecule has 2 unspecified atom stereocenters. The highest BCUT2D eigenvalue weighted by Crippen LogP contribution is 2.26. The van der Waals surface area contributed by atoms with Crippen LogP contribution in [0.2, 0.25) is 0 Å². The lowest BCUT2D eigenvalue weighted by molar-refractivity contribution is 0.382. The van der Waals surface area contributed by atoms with Crippen molar-refractivity contribution in [2.24, 2.45) is 5.92 Å². The zero-order valence-corrected chi connectivity index (χ0v) is 8.76. The Hall–Kier alpha value is -0.0900. The van der Waals surface area contributed by atoms with Crippen LogP contribution in [0.1, 0.15) is 26.7 Å². The molecule has 1 fully saturated rings. The summed E-state index contributed by atoms with van der Waals surface area (Å²) in [6.45, 7) is 4.85. The SMILES string of the molecule is CCC1CC(C)CN1S(C)(=O)=O. The molecule has 1 saturated heterocycles. The zero-order chi connectivity index (χ0) is 9.35. The molecule has 1 heterocycles. The van der Waals surface area contributed by atoms with E-state index >= 15 is 0 Å². The largest absolute Gasteiger partial charge is 0.212 e. The number of nitrogens with zero attached hydrogens (tertiary/aromatic N) is 1. The molecule has 0 saturated carbocycles. The number of hydrogen-bond acceptors (Lipinski definition) is 2. The average Bonchev–Trinajstić information content (AvgIpc) is 2.29. The van der Waals surface area contributed by atoms with Crippen molar-refractivity contribution in [2.75, 3.05) is 12.8 Å². The molecule has 4 heteroatoms. The molecule has 0 aliphatic carbocycles. The van der Waals surface area contributed by atoms with Crippen LogP contribution < -0.4 is 0 Å². The van der Waals surface area contributed by atoms with Crippen LogP contribution in [0.5, 0.6) is 0 Å². The van der Waals surface area contributed by atoms with E-state index in [9.17, 15) is 8.42 Å². The van der Waals surface area contributed by atoms with Crippen LogP contribution in [0.3, 0.4) is 0 Å². The summed E-state index contributed by atoms with van der Waals surface area (Å²) in [5, 5.41) is 0. The maximum atomic E-state index is 11.3. The van der Waals surface area contributed by atoms with Crippen molar-refractivity contribution in [3.05, 3.63) is 0 Å². The Kier molecular flexibility index (Phi) is 2.78. The van der Waals surface area contributed by atoms with Crippen LogP contribution in [0.15, 0.2) is 0 Å². The first-order valence-electron chi connectivity index (χ1n) is 4.42. The fourth-order valence-electron chi connectivity index (χ4n) is 1.89. The van der Waals surface area contributed by atoms with E-state index in [1.165, 1.54) is 6.26 Å². The van der Waals surface area contributed by atoms with Gasteiger partial charge in [-0.25, -0.2) is 8.42 Å². The summed E-state index contributed by atoms with van der Waals surface area (Å²) in [6.07, 6.45) is 3.24. The van der Waals surface area contributed by atoms with Crippen molar-refractivity contribution >= 4 is 10.0 Å².